The Balaban J connectivity index is 0.00000364. The van der Waals surface area contributed by atoms with Crippen LogP contribution in [0.3, 0.4) is 0 Å². The molecule has 1 aliphatic heterocycles. The molecular formula is C18H27F3IN3O2. The Morgan fingerprint density at radius 3 is 2.74 bits per heavy atom. The molecule has 1 heterocycles. The van der Waals surface area contributed by atoms with Gasteiger partial charge in [-0.1, -0.05) is 18.2 Å². The van der Waals surface area contributed by atoms with E-state index in [1.54, 1.807) is 25.3 Å². The van der Waals surface area contributed by atoms with Crippen molar-refractivity contribution in [1.29, 1.82) is 0 Å². The van der Waals surface area contributed by atoms with E-state index in [1.807, 2.05) is 6.92 Å². The fourth-order valence-corrected chi connectivity index (χ4v) is 2.92. The van der Waals surface area contributed by atoms with Gasteiger partial charge in [-0.05, 0) is 19.4 Å². The first-order valence-corrected chi connectivity index (χ1v) is 8.72. The number of likely N-dealkylation sites (tertiary alicyclic amines) is 1. The molecule has 2 rings (SSSR count). The Kier molecular flexibility index (Phi) is 10.2. The van der Waals surface area contributed by atoms with E-state index in [0.29, 0.717) is 18.1 Å². The number of hydrogen-bond acceptors (Lipinski definition) is 3. The van der Waals surface area contributed by atoms with Gasteiger partial charge in [0.1, 0.15) is 5.75 Å². The van der Waals surface area contributed by atoms with E-state index in [2.05, 4.69) is 15.2 Å². The molecule has 5 nitrogen and oxygen atoms in total. The van der Waals surface area contributed by atoms with Crippen molar-refractivity contribution >= 4 is 29.9 Å². The zero-order valence-corrected chi connectivity index (χ0v) is 17.9. The minimum absolute atomic E-state index is 0. The SMILES string of the molecule is CCNC(=NCc1ccccc1OCC(F)(F)F)N1CCC(COC)C1.I. The van der Waals surface area contributed by atoms with Crippen LogP contribution in [0.1, 0.15) is 18.9 Å². The summed E-state index contributed by atoms with van der Waals surface area (Å²) in [5, 5.41) is 3.25. The summed E-state index contributed by atoms with van der Waals surface area (Å²) in [6.07, 6.45) is -3.33. The zero-order chi connectivity index (χ0) is 19.0. The Bertz CT molecular complexity index is 599. The van der Waals surface area contributed by atoms with Crippen molar-refractivity contribution in [2.75, 3.05) is 40.0 Å². The van der Waals surface area contributed by atoms with Crippen LogP contribution in [-0.4, -0.2) is 57.0 Å². The van der Waals surface area contributed by atoms with E-state index in [1.165, 1.54) is 6.07 Å². The minimum Gasteiger partial charge on any atom is -0.484 e. The van der Waals surface area contributed by atoms with Gasteiger partial charge in [0.2, 0.25) is 0 Å². The predicted octanol–water partition coefficient (Wildman–Crippen LogP) is 3.68. The number of guanidine groups is 1. The van der Waals surface area contributed by atoms with E-state index in [-0.39, 0.29) is 36.3 Å². The number of rotatable bonds is 7. The summed E-state index contributed by atoms with van der Waals surface area (Å²) in [6, 6.07) is 6.69. The van der Waals surface area contributed by atoms with Crippen molar-refractivity contribution in [2.45, 2.75) is 26.1 Å². The normalized spacial score (nSPS) is 17.6. The van der Waals surface area contributed by atoms with Crippen LogP contribution >= 0.6 is 24.0 Å². The number of ether oxygens (including phenoxy) is 2. The molecule has 9 heteroatoms. The first-order valence-electron chi connectivity index (χ1n) is 8.72. The third kappa shape index (κ3) is 8.12. The highest BCUT2D eigenvalue weighted by atomic mass is 127. The molecule has 0 aromatic heterocycles. The summed E-state index contributed by atoms with van der Waals surface area (Å²) in [5.74, 6) is 1.44. The van der Waals surface area contributed by atoms with Crippen LogP contribution in [0.4, 0.5) is 13.2 Å². The quantitative estimate of drug-likeness (QED) is 0.352. The van der Waals surface area contributed by atoms with Crippen molar-refractivity contribution in [3.05, 3.63) is 29.8 Å². The molecule has 0 radical (unpaired) electrons. The van der Waals surface area contributed by atoms with Crippen LogP contribution in [-0.2, 0) is 11.3 Å². The maximum atomic E-state index is 12.4. The Morgan fingerprint density at radius 2 is 2.07 bits per heavy atom. The first kappa shape index (κ1) is 23.8. The van der Waals surface area contributed by atoms with E-state index in [4.69, 9.17) is 9.47 Å². The Morgan fingerprint density at radius 1 is 1.33 bits per heavy atom. The second-order valence-corrected chi connectivity index (χ2v) is 6.24. The van der Waals surface area contributed by atoms with Gasteiger partial charge >= 0.3 is 6.18 Å². The number of methoxy groups -OCH3 is 1. The van der Waals surface area contributed by atoms with Gasteiger partial charge in [0.25, 0.3) is 0 Å². The van der Waals surface area contributed by atoms with Crippen molar-refractivity contribution in [2.24, 2.45) is 10.9 Å². The largest absolute Gasteiger partial charge is 0.484 e. The summed E-state index contributed by atoms with van der Waals surface area (Å²) in [6.45, 7) is 4.09. The number of benzene rings is 1. The predicted molar refractivity (Wildman–Crippen MR) is 110 cm³/mol. The molecule has 0 amide bonds. The molecule has 1 fully saturated rings. The van der Waals surface area contributed by atoms with E-state index in [9.17, 15) is 13.2 Å². The molecule has 1 aromatic carbocycles. The summed E-state index contributed by atoms with van der Waals surface area (Å²) < 4.78 is 47.4. The van der Waals surface area contributed by atoms with Crippen molar-refractivity contribution in [1.82, 2.24) is 10.2 Å². The molecule has 1 saturated heterocycles. The van der Waals surface area contributed by atoms with Crippen LogP contribution in [0, 0.1) is 5.92 Å². The second-order valence-electron chi connectivity index (χ2n) is 6.24. The molecule has 1 atom stereocenters. The average Bonchev–Trinajstić information content (AvgIpc) is 3.05. The number of halogens is 4. The zero-order valence-electron chi connectivity index (χ0n) is 15.6. The molecule has 154 valence electrons. The molecule has 0 saturated carbocycles. The first-order chi connectivity index (χ1) is 12.4. The van der Waals surface area contributed by atoms with Crippen molar-refractivity contribution in [3.63, 3.8) is 0 Å². The maximum Gasteiger partial charge on any atom is 0.422 e. The third-order valence-corrected chi connectivity index (χ3v) is 4.09. The lowest BCUT2D eigenvalue weighted by Crippen LogP contribution is -2.40. The molecule has 1 unspecified atom stereocenters. The number of alkyl halides is 3. The highest BCUT2D eigenvalue weighted by Crippen LogP contribution is 2.23. The minimum atomic E-state index is -4.36. The lowest BCUT2D eigenvalue weighted by atomic mass is 10.1. The van der Waals surface area contributed by atoms with Crippen LogP contribution in [0.25, 0.3) is 0 Å². The van der Waals surface area contributed by atoms with E-state index < -0.39 is 12.8 Å². The second kappa shape index (κ2) is 11.6. The smallest absolute Gasteiger partial charge is 0.422 e. The number of nitrogens with zero attached hydrogens (tertiary/aromatic N) is 2. The summed E-state index contributed by atoms with van der Waals surface area (Å²) in [5.41, 5.74) is 0.625. The molecular weight excluding hydrogens is 474 g/mol. The van der Waals surface area contributed by atoms with Gasteiger partial charge < -0.3 is 19.7 Å². The molecule has 0 bridgehead atoms. The number of aliphatic imine (C=N–C) groups is 1. The van der Waals surface area contributed by atoms with E-state index in [0.717, 1.165) is 32.0 Å². The lowest BCUT2D eigenvalue weighted by Gasteiger charge is -2.22. The van der Waals surface area contributed by atoms with Crippen molar-refractivity contribution in [3.8, 4) is 5.75 Å². The van der Waals surface area contributed by atoms with Crippen LogP contribution in [0.15, 0.2) is 29.3 Å². The van der Waals surface area contributed by atoms with Crippen LogP contribution in [0.5, 0.6) is 5.75 Å². The highest BCUT2D eigenvalue weighted by molar-refractivity contribution is 14.0. The maximum absolute atomic E-state index is 12.4. The lowest BCUT2D eigenvalue weighted by molar-refractivity contribution is -0.153. The van der Waals surface area contributed by atoms with Gasteiger partial charge in [-0.15, -0.1) is 24.0 Å². The molecule has 0 spiro atoms. The molecule has 1 N–H and O–H groups in total. The summed E-state index contributed by atoms with van der Waals surface area (Å²) in [4.78, 5) is 6.75. The van der Waals surface area contributed by atoms with Gasteiger partial charge in [0, 0.05) is 38.2 Å². The number of nitrogens with one attached hydrogen (secondary N) is 1. The molecule has 1 aromatic rings. The topological polar surface area (TPSA) is 46.1 Å². The highest BCUT2D eigenvalue weighted by Gasteiger charge is 2.29. The summed E-state index contributed by atoms with van der Waals surface area (Å²) in [7, 11) is 1.69. The van der Waals surface area contributed by atoms with E-state index >= 15 is 0 Å². The standard InChI is InChI=1S/C18H26F3N3O2.HI/c1-3-22-17(24-9-8-14(11-24)12-25-2)23-10-15-6-4-5-7-16(15)26-13-18(19,20)21;/h4-7,14H,3,8-13H2,1-2H3,(H,22,23);1H. The fourth-order valence-electron chi connectivity index (χ4n) is 2.92. The van der Waals surface area contributed by atoms with Gasteiger partial charge in [0.05, 0.1) is 13.2 Å². The Labute approximate surface area is 175 Å². The fraction of sp³-hybridized carbons (Fsp3) is 0.611. The van der Waals surface area contributed by atoms with Gasteiger partial charge in [0.15, 0.2) is 12.6 Å². The number of hydrogen-bond donors (Lipinski definition) is 1. The van der Waals surface area contributed by atoms with Gasteiger partial charge in [-0.2, -0.15) is 13.2 Å². The Hall–Kier alpha value is -1.23. The number of para-hydroxylation sites is 1. The van der Waals surface area contributed by atoms with Crippen molar-refractivity contribution < 1.29 is 22.6 Å². The van der Waals surface area contributed by atoms with Gasteiger partial charge in [-0.25, -0.2) is 4.99 Å². The van der Waals surface area contributed by atoms with Gasteiger partial charge in [-0.3, -0.25) is 0 Å². The summed E-state index contributed by atoms with van der Waals surface area (Å²) >= 11 is 0. The third-order valence-electron chi connectivity index (χ3n) is 4.09. The van der Waals surface area contributed by atoms with Crippen LogP contribution < -0.4 is 10.1 Å². The monoisotopic (exact) mass is 501 g/mol. The molecule has 27 heavy (non-hydrogen) atoms. The molecule has 1 aliphatic rings. The molecule has 0 aliphatic carbocycles. The van der Waals surface area contributed by atoms with Crippen LogP contribution in [0.2, 0.25) is 0 Å². The average molecular weight is 501 g/mol.